The molecule has 0 aliphatic heterocycles. The van der Waals surface area contributed by atoms with Crippen molar-refractivity contribution in [3.63, 3.8) is 0 Å². The third kappa shape index (κ3) is 3.64. The Bertz CT molecular complexity index is 435. The second-order valence-corrected chi connectivity index (χ2v) is 5.07. The first-order chi connectivity index (χ1) is 8.28. The van der Waals surface area contributed by atoms with Gasteiger partial charge in [0.2, 0.25) is 0 Å². The Hall–Kier alpha value is -1.20. The lowest BCUT2D eigenvalue weighted by Gasteiger charge is -2.13. The van der Waals surface area contributed by atoms with E-state index in [1.165, 1.54) is 10.7 Å². The van der Waals surface area contributed by atoms with Crippen molar-refractivity contribution in [2.75, 3.05) is 0 Å². The highest BCUT2D eigenvalue weighted by molar-refractivity contribution is 7.09. The largest absolute Gasteiger partial charge is 0.336 e. The van der Waals surface area contributed by atoms with E-state index in [9.17, 15) is 0 Å². The van der Waals surface area contributed by atoms with Crippen LogP contribution in [-0.2, 0) is 19.5 Å². The summed E-state index contributed by atoms with van der Waals surface area (Å²) >= 11 is 1.73. The molecule has 0 aromatic carbocycles. The summed E-state index contributed by atoms with van der Waals surface area (Å²) in [4.78, 5) is 8.57. The van der Waals surface area contributed by atoms with Crippen LogP contribution in [0.2, 0.25) is 0 Å². The smallest absolute Gasteiger partial charge is 0.107 e. The molecule has 1 atom stereocenters. The molecule has 0 aliphatic rings. The van der Waals surface area contributed by atoms with E-state index in [1.54, 1.807) is 17.5 Å². The standard InChI is InChI=1S/C12H18N4S/c1-3-11-8-17-12(15-11)6-14-10(2)7-16-5-4-13-9-16/h4-5,8-10,14H,3,6-7H2,1-2H3/t10-/m0/s1. The zero-order valence-corrected chi connectivity index (χ0v) is 11.1. The number of rotatable bonds is 6. The average Bonchev–Trinajstić information content (AvgIpc) is 2.96. The predicted octanol–water partition coefficient (Wildman–Crippen LogP) is 2.08. The van der Waals surface area contributed by atoms with Crippen LogP contribution in [0.3, 0.4) is 0 Å². The van der Waals surface area contributed by atoms with Crippen molar-refractivity contribution in [1.29, 1.82) is 0 Å². The monoisotopic (exact) mass is 250 g/mol. The van der Waals surface area contributed by atoms with E-state index in [1.807, 2.05) is 12.5 Å². The van der Waals surface area contributed by atoms with Crippen LogP contribution in [0.4, 0.5) is 0 Å². The van der Waals surface area contributed by atoms with Gasteiger partial charge in [0.1, 0.15) is 5.01 Å². The average molecular weight is 250 g/mol. The number of hydrogen-bond acceptors (Lipinski definition) is 4. The summed E-state index contributed by atoms with van der Waals surface area (Å²) in [7, 11) is 0. The van der Waals surface area contributed by atoms with Crippen LogP contribution in [0.15, 0.2) is 24.1 Å². The lowest BCUT2D eigenvalue weighted by Crippen LogP contribution is -2.29. The maximum atomic E-state index is 4.53. The fourth-order valence-corrected chi connectivity index (χ4v) is 2.46. The molecule has 0 saturated carbocycles. The van der Waals surface area contributed by atoms with E-state index < -0.39 is 0 Å². The van der Waals surface area contributed by atoms with Gasteiger partial charge in [0.15, 0.2) is 0 Å². The molecule has 0 unspecified atom stereocenters. The first-order valence-corrected chi connectivity index (χ1v) is 6.78. The van der Waals surface area contributed by atoms with E-state index in [2.05, 4.69) is 39.1 Å². The van der Waals surface area contributed by atoms with Crippen molar-refractivity contribution in [1.82, 2.24) is 19.9 Å². The van der Waals surface area contributed by atoms with Gasteiger partial charge in [-0.25, -0.2) is 9.97 Å². The summed E-state index contributed by atoms with van der Waals surface area (Å²) in [5.41, 5.74) is 1.19. The fourth-order valence-electron chi connectivity index (χ4n) is 1.63. The molecule has 0 saturated heterocycles. The Morgan fingerprint density at radius 1 is 1.53 bits per heavy atom. The van der Waals surface area contributed by atoms with Gasteiger partial charge in [-0.05, 0) is 13.3 Å². The van der Waals surface area contributed by atoms with Gasteiger partial charge in [-0.2, -0.15) is 0 Å². The van der Waals surface area contributed by atoms with Crippen molar-refractivity contribution in [2.45, 2.75) is 39.4 Å². The van der Waals surface area contributed by atoms with E-state index in [4.69, 9.17) is 0 Å². The van der Waals surface area contributed by atoms with Crippen LogP contribution in [-0.4, -0.2) is 20.6 Å². The van der Waals surface area contributed by atoms with Gasteiger partial charge in [0, 0.05) is 36.9 Å². The summed E-state index contributed by atoms with van der Waals surface area (Å²) in [6.07, 6.45) is 6.65. The van der Waals surface area contributed by atoms with Crippen molar-refractivity contribution >= 4 is 11.3 Å². The number of thiazole rings is 1. The molecule has 0 amide bonds. The van der Waals surface area contributed by atoms with Crippen LogP contribution < -0.4 is 5.32 Å². The molecule has 2 heterocycles. The molecule has 0 radical (unpaired) electrons. The van der Waals surface area contributed by atoms with Crippen LogP contribution in [0.25, 0.3) is 0 Å². The summed E-state index contributed by atoms with van der Waals surface area (Å²) < 4.78 is 2.08. The first kappa shape index (κ1) is 12.3. The normalized spacial score (nSPS) is 12.8. The third-order valence-electron chi connectivity index (χ3n) is 2.61. The zero-order valence-electron chi connectivity index (χ0n) is 10.3. The number of aromatic nitrogens is 3. The Kier molecular flexibility index (Phi) is 4.28. The fraction of sp³-hybridized carbons (Fsp3) is 0.500. The highest BCUT2D eigenvalue weighted by atomic mass is 32.1. The van der Waals surface area contributed by atoms with Gasteiger partial charge in [0.25, 0.3) is 0 Å². The minimum absolute atomic E-state index is 0.415. The lowest BCUT2D eigenvalue weighted by atomic mass is 10.3. The number of hydrogen-bond donors (Lipinski definition) is 1. The van der Waals surface area contributed by atoms with E-state index >= 15 is 0 Å². The molecule has 92 valence electrons. The molecular weight excluding hydrogens is 232 g/mol. The van der Waals surface area contributed by atoms with Gasteiger partial charge in [0.05, 0.1) is 12.0 Å². The van der Waals surface area contributed by atoms with Crippen molar-refractivity contribution in [3.05, 3.63) is 34.8 Å². The van der Waals surface area contributed by atoms with E-state index in [0.29, 0.717) is 6.04 Å². The molecule has 0 fully saturated rings. The van der Waals surface area contributed by atoms with Crippen LogP contribution in [0.1, 0.15) is 24.5 Å². The van der Waals surface area contributed by atoms with Gasteiger partial charge >= 0.3 is 0 Å². The molecule has 2 rings (SSSR count). The zero-order chi connectivity index (χ0) is 12.1. The minimum atomic E-state index is 0.415. The van der Waals surface area contributed by atoms with Crippen molar-refractivity contribution in [2.24, 2.45) is 0 Å². The molecule has 2 aromatic rings. The van der Waals surface area contributed by atoms with Gasteiger partial charge in [-0.3, -0.25) is 0 Å². The second kappa shape index (κ2) is 5.93. The summed E-state index contributed by atoms with van der Waals surface area (Å²) in [6, 6.07) is 0.415. The lowest BCUT2D eigenvalue weighted by molar-refractivity contribution is 0.475. The third-order valence-corrected chi connectivity index (χ3v) is 3.50. The second-order valence-electron chi connectivity index (χ2n) is 4.13. The van der Waals surface area contributed by atoms with Gasteiger partial charge in [-0.1, -0.05) is 6.92 Å². The molecule has 1 N–H and O–H groups in total. The molecule has 4 nitrogen and oxygen atoms in total. The Labute approximate surface area is 106 Å². The maximum absolute atomic E-state index is 4.53. The summed E-state index contributed by atoms with van der Waals surface area (Å²) in [5, 5.41) is 6.78. The minimum Gasteiger partial charge on any atom is -0.336 e. The number of imidazole rings is 1. The molecular formula is C12H18N4S. The molecule has 5 heteroatoms. The molecule has 0 spiro atoms. The van der Waals surface area contributed by atoms with Gasteiger partial charge in [-0.15, -0.1) is 11.3 Å². The molecule has 2 aromatic heterocycles. The Morgan fingerprint density at radius 3 is 3.06 bits per heavy atom. The Balaban J connectivity index is 1.77. The van der Waals surface area contributed by atoms with E-state index in [-0.39, 0.29) is 0 Å². The SMILES string of the molecule is CCc1csc(CN[C@@H](C)Cn2ccnc2)n1. The maximum Gasteiger partial charge on any atom is 0.107 e. The molecule has 17 heavy (non-hydrogen) atoms. The van der Waals surface area contributed by atoms with Crippen molar-refractivity contribution in [3.8, 4) is 0 Å². The predicted molar refractivity (Wildman–Crippen MR) is 70.0 cm³/mol. The highest BCUT2D eigenvalue weighted by Gasteiger charge is 2.04. The first-order valence-electron chi connectivity index (χ1n) is 5.90. The van der Waals surface area contributed by atoms with E-state index in [0.717, 1.165) is 19.5 Å². The van der Waals surface area contributed by atoms with Gasteiger partial charge < -0.3 is 9.88 Å². The molecule has 0 aliphatic carbocycles. The number of nitrogens with one attached hydrogen (secondary N) is 1. The molecule has 0 bridgehead atoms. The number of aryl methyl sites for hydroxylation is 1. The van der Waals surface area contributed by atoms with Crippen LogP contribution in [0, 0.1) is 0 Å². The number of nitrogens with zero attached hydrogens (tertiary/aromatic N) is 3. The Morgan fingerprint density at radius 2 is 2.41 bits per heavy atom. The van der Waals surface area contributed by atoms with Crippen LogP contribution >= 0.6 is 11.3 Å². The quantitative estimate of drug-likeness (QED) is 0.853. The highest BCUT2D eigenvalue weighted by Crippen LogP contribution is 2.10. The van der Waals surface area contributed by atoms with Crippen molar-refractivity contribution < 1.29 is 0 Å². The summed E-state index contributed by atoms with van der Waals surface area (Å²) in [6.45, 7) is 6.09. The topological polar surface area (TPSA) is 42.7 Å². The summed E-state index contributed by atoms with van der Waals surface area (Å²) in [5.74, 6) is 0. The van der Waals surface area contributed by atoms with Crippen LogP contribution in [0.5, 0.6) is 0 Å².